The number of anilines is 2. The van der Waals surface area contributed by atoms with E-state index in [4.69, 9.17) is 11.5 Å². The van der Waals surface area contributed by atoms with E-state index < -0.39 is 11.9 Å². The lowest BCUT2D eigenvalue weighted by Crippen LogP contribution is -2.35. The summed E-state index contributed by atoms with van der Waals surface area (Å²) in [6.45, 7) is 1.84. The molecule has 0 aliphatic rings. The Hall–Kier alpha value is -1.85. The lowest BCUT2D eigenvalue weighted by Gasteiger charge is -2.14. The second-order valence-electron chi connectivity index (χ2n) is 2.80. The second kappa shape index (κ2) is 4.40. The van der Waals surface area contributed by atoms with Crippen molar-refractivity contribution in [2.75, 3.05) is 11.1 Å². The largest absolute Gasteiger partial charge is 0.381 e. The quantitative estimate of drug-likeness (QED) is 0.613. The average molecular weight is 195 g/mol. The Bertz CT molecular complexity index is 327. The van der Waals surface area contributed by atoms with Crippen molar-refractivity contribution in [2.24, 2.45) is 5.73 Å². The number of nitrogens with two attached hydrogens (primary N) is 2. The van der Waals surface area contributed by atoms with E-state index >= 15 is 0 Å². The molecule has 14 heavy (non-hydrogen) atoms. The van der Waals surface area contributed by atoms with Crippen molar-refractivity contribution in [2.45, 2.75) is 19.4 Å². The van der Waals surface area contributed by atoms with Gasteiger partial charge in [0.1, 0.15) is 6.04 Å². The SMILES string of the molecule is CCC(Nc1nccnc1N)C(N)=O. The van der Waals surface area contributed by atoms with Crippen molar-refractivity contribution >= 4 is 17.5 Å². The number of hydrogen-bond donors (Lipinski definition) is 3. The van der Waals surface area contributed by atoms with Crippen LogP contribution in [0.25, 0.3) is 0 Å². The molecule has 1 atom stereocenters. The van der Waals surface area contributed by atoms with Gasteiger partial charge in [0, 0.05) is 12.4 Å². The molecule has 6 heteroatoms. The summed E-state index contributed by atoms with van der Waals surface area (Å²) in [6, 6.07) is -0.464. The molecule has 1 unspecified atom stereocenters. The molecule has 0 spiro atoms. The van der Waals surface area contributed by atoms with Crippen LogP contribution in [-0.4, -0.2) is 21.9 Å². The molecule has 0 bridgehead atoms. The number of nitrogens with zero attached hydrogens (tertiary/aromatic N) is 2. The molecule has 6 nitrogen and oxygen atoms in total. The highest BCUT2D eigenvalue weighted by Gasteiger charge is 2.14. The van der Waals surface area contributed by atoms with Gasteiger partial charge in [-0.25, -0.2) is 9.97 Å². The molecule has 1 aromatic rings. The van der Waals surface area contributed by atoms with Gasteiger partial charge in [-0.1, -0.05) is 6.92 Å². The van der Waals surface area contributed by atoms with Crippen LogP contribution in [-0.2, 0) is 4.79 Å². The van der Waals surface area contributed by atoms with Crippen LogP contribution in [0.3, 0.4) is 0 Å². The Morgan fingerprint density at radius 1 is 1.57 bits per heavy atom. The minimum atomic E-state index is -0.464. The molecule has 0 aromatic carbocycles. The summed E-state index contributed by atoms with van der Waals surface area (Å²) in [4.78, 5) is 18.7. The second-order valence-corrected chi connectivity index (χ2v) is 2.80. The first-order chi connectivity index (χ1) is 6.65. The maximum Gasteiger partial charge on any atom is 0.239 e. The van der Waals surface area contributed by atoms with E-state index in [9.17, 15) is 4.79 Å². The van der Waals surface area contributed by atoms with Crippen molar-refractivity contribution in [3.8, 4) is 0 Å². The minimum Gasteiger partial charge on any atom is -0.381 e. The molecule has 0 fully saturated rings. The van der Waals surface area contributed by atoms with Crippen molar-refractivity contribution in [1.29, 1.82) is 0 Å². The van der Waals surface area contributed by atoms with E-state index in [-0.39, 0.29) is 5.82 Å². The number of aromatic nitrogens is 2. The molecule has 0 aliphatic carbocycles. The van der Waals surface area contributed by atoms with Crippen molar-refractivity contribution in [3.63, 3.8) is 0 Å². The molecule has 1 rings (SSSR count). The van der Waals surface area contributed by atoms with E-state index in [1.807, 2.05) is 6.92 Å². The van der Waals surface area contributed by atoms with Crippen LogP contribution in [0.4, 0.5) is 11.6 Å². The van der Waals surface area contributed by atoms with Gasteiger partial charge in [0.2, 0.25) is 5.91 Å². The Morgan fingerprint density at radius 2 is 2.21 bits per heavy atom. The fraction of sp³-hybridized carbons (Fsp3) is 0.375. The molecule has 5 N–H and O–H groups in total. The molecule has 1 aromatic heterocycles. The third-order valence-corrected chi connectivity index (χ3v) is 1.79. The van der Waals surface area contributed by atoms with E-state index in [1.54, 1.807) is 0 Å². The molecule has 0 saturated carbocycles. The lowest BCUT2D eigenvalue weighted by molar-refractivity contribution is -0.118. The number of carbonyl (C=O) groups is 1. The highest BCUT2D eigenvalue weighted by molar-refractivity contribution is 5.83. The molecule has 0 aliphatic heterocycles. The van der Waals surface area contributed by atoms with Gasteiger partial charge >= 0.3 is 0 Å². The fourth-order valence-corrected chi connectivity index (χ4v) is 0.999. The first kappa shape index (κ1) is 10.2. The fourth-order valence-electron chi connectivity index (χ4n) is 0.999. The smallest absolute Gasteiger partial charge is 0.239 e. The van der Waals surface area contributed by atoms with Gasteiger partial charge in [-0.15, -0.1) is 0 Å². The third kappa shape index (κ3) is 2.32. The van der Waals surface area contributed by atoms with Crippen LogP contribution in [0.5, 0.6) is 0 Å². The van der Waals surface area contributed by atoms with Crippen molar-refractivity contribution < 1.29 is 4.79 Å². The Labute approximate surface area is 81.7 Å². The monoisotopic (exact) mass is 195 g/mol. The predicted molar refractivity (Wildman–Crippen MR) is 53.3 cm³/mol. The summed E-state index contributed by atoms with van der Waals surface area (Å²) in [5.41, 5.74) is 10.7. The first-order valence-corrected chi connectivity index (χ1v) is 4.27. The van der Waals surface area contributed by atoms with Crippen LogP contribution >= 0.6 is 0 Å². The van der Waals surface area contributed by atoms with E-state index in [1.165, 1.54) is 12.4 Å². The molecular weight excluding hydrogens is 182 g/mol. The molecule has 1 amide bonds. The lowest BCUT2D eigenvalue weighted by atomic mass is 10.2. The maximum atomic E-state index is 10.9. The van der Waals surface area contributed by atoms with Gasteiger partial charge in [-0.2, -0.15) is 0 Å². The zero-order valence-electron chi connectivity index (χ0n) is 7.90. The normalized spacial score (nSPS) is 12.1. The summed E-state index contributed by atoms with van der Waals surface area (Å²) < 4.78 is 0. The average Bonchev–Trinajstić information content (AvgIpc) is 2.16. The zero-order valence-corrected chi connectivity index (χ0v) is 7.90. The highest BCUT2D eigenvalue weighted by atomic mass is 16.1. The van der Waals surface area contributed by atoms with Crippen molar-refractivity contribution in [1.82, 2.24) is 9.97 Å². The standard InChI is InChI=1S/C8H13N5O/c1-2-5(7(10)14)13-8-6(9)11-3-4-12-8/h3-5H,2H2,1H3,(H2,9,11)(H2,10,14)(H,12,13). The number of amides is 1. The Kier molecular flexibility index (Phi) is 3.22. The Balaban J connectivity index is 2.77. The summed E-state index contributed by atoms with van der Waals surface area (Å²) >= 11 is 0. The molecule has 76 valence electrons. The van der Waals surface area contributed by atoms with Gasteiger partial charge in [-0.05, 0) is 6.42 Å². The third-order valence-electron chi connectivity index (χ3n) is 1.79. The van der Waals surface area contributed by atoms with Gasteiger partial charge in [0.15, 0.2) is 11.6 Å². The topological polar surface area (TPSA) is 107 Å². The zero-order chi connectivity index (χ0) is 10.6. The maximum absolute atomic E-state index is 10.9. The first-order valence-electron chi connectivity index (χ1n) is 4.27. The van der Waals surface area contributed by atoms with Crippen LogP contribution in [0.2, 0.25) is 0 Å². The van der Waals surface area contributed by atoms with Crippen LogP contribution in [0, 0.1) is 0 Å². The number of primary amides is 1. The molecule has 0 saturated heterocycles. The van der Waals surface area contributed by atoms with Gasteiger partial charge in [0.05, 0.1) is 0 Å². The predicted octanol–water partition coefficient (Wildman–Crippen LogP) is -0.265. The number of nitrogen functional groups attached to an aromatic ring is 1. The molecule has 1 heterocycles. The summed E-state index contributed by atoms with van der Waals surface area (Å²) in [5, 5.41) is 2.82. The van der Waals surface area contributed by atoms with Crippen molar-refractivity contribution in [3.05, 3.63) is 12.4 Å². The number of rotatable bonds is 4. The van der Waals surface area contributed by atoms with Gasteiger partial charge < -0.3 is 16.8 Å². The molecular formula is C8H13N5O. The van der Waals surface area contributed by atoms with E-state index in [0.29, 0.717) is 12.2 Å². The summed E-state index contributed by atoms with van der Waals surface area (Å²) in [7, 11) is 0. The highest BCUT2D eigenvalue weighted by Crippen LogP contribution is 2.11. The van der Waals surface area contributed by atoms with Crippen LogP contribution in [0.1, 0.15) is 13.3 Å². The van der Waals surface area contributed by atoms with Gasteiger partial charge in [-0.3, -0.25) is 4.79 Å². The number of carbonyl (C=O) groups excluding carboxylic acids is 1. The van der Waals surface area contributed by atoms with Gasteiger partial charge in [0.25, 0.3) is 0 Å². The van der Waals surface area contributed by atoms with Crippen LogP contribution in [0.15, 0.2) is 12.4 Å². The van der Waals surface area contributed by atoms with E-state index in [2.05, 4.69) is 15.3 Å². The number of nitrogens with one attached hydrogen (secondary N) is 1. The van der Waals surface area contributed by atoms with E-state index in [0.717, 1.165) is 0 Å². The van der Waals surface area contributed by atoms with Crippen LogP contribution < -0.4 is 16.8 Å². The molecule has 0 radical (unpaired) electrons. The number of hydrogen-bond acceptors (Lipinski definition) is 5. The summed E-state index contributed by atoms with van der Waals surface area (Å²) in [6.07, 6.45) is 3.55. The minimum absolute atomic E-state index is 0.257. The summed E-state index contributed by atoms with van der Waals surface area (Å²) in [5.74, 6) is 0.211. The Morgan fingerprint density at radius 3 is 2.71 bits per heavy atom.